The normalized spacial score (nSPS) is 24.5. The van der Waals surface area contributed by atoms with E-state index in [1.165, 1.54) is 0 Å². The molecule has 15 heavy (non-hydrogen) atoms. The first-order valence-corrected chi connectivity index (χ1v) is 4.90. The number of nitrogens with one attached hydrogen (secondary N) is 1. The third kappa shape index (κ3) is 1.51. The fourth-order valence-electron chi connectivity index (χ4n) is 1.79. The summed E-state index contributed by atoms with van der Waals surface area (Å²) in [6, 6.07) is 7.96. The second-order valence-corrected chi connectivity index (χ2v) is 3.75. The van der Waals surface area contributed by atoms with Gasteiger partial charge in [0.15, 0.2) is 5.66 Å². The van der Waals surface area contributed by atoms with Gasteiger partial charge in [0.1, 0.15) is 0 Å². The molecule has 0 fully saturated rings. The molecule has 1 aliphatic rings. The van der Waals surface area contributed by atoms with E-state index in [0.29, 0.717) is 5.70 Å². The molecule has 1 heterocycles. The summed E-state index contributed by atoms with van der Waals surface area (Å²) in [7, 11) is 0. The largest absolute Gasteiger partial charge is 0.399 e. The summed E-state index contributed by atoms with van der Waals surface area (Å²) in [5.41, 5.74) is 14.2. The second-order valence-electron chi connectivity index (χ2n) is 3.75. The van der Waals surface area contributed by atoms with Crippen molar-refractivity contribution in [2.75, 3.05) is 0 Å². The summed E-state index contributed by atoms with van der Waals surface area (Å²) in [4.78, 5) is 0. The van der Waals surface area contributed by atoms with Crippen molar-refractivity contribution < 1.29 is 0 Å². The van der Waals surface area contributed by atoms with E-state index in [1.54, 1.807) is 0 Å². The first-order valence-electron chi connectivity index (χ1n) is 4.90. The average Bonchev–Trinajstić information content (AvgIpc) is 2.23. The molecule has 1 atom stereocenters. The summed E-state index contributed by atoms with van der Waals surface area (Å²) in [6.07, 6.45) is 5.48. The lowest BCUT2D eigenvalue weighted by Gasteiger charge is -2.34. The molecule has 78 valence electrons. The predicted octanol–water partition coefficient (Wildman–Crippen LogP) is 1.07. The molecule has 1 unspecified atom stereocenters. The lowest BCUT2D eigenvalue weighted by Crippen LogP contribution is -2.53. The number of hydrogen-bond donors (Lipinski definition) is 3. The molecule has 3 heteroatoms. The van der Waals surface area contributed by atoms with Gasteiger partial charge in [-0.05, 0) is 30.8 Å². The van der Waals surface area contributed by atoms with Gasteiger partial charge in [-0.3, -0.25) is 5.73 Å². The Morgan fingerprint density at radius 3 is 2.67 bits per heavy atom. The number of hydrogen-bond acceptors (Lipinski definition) is 3. The molecule has 1 aromatic rings. The van der Waals surface area contributed by atoms with Crippen LogP contribution in [0.5, 0.6) is 0 Å². The third-order valence-electron chi connectivity index (χ3n) is 2.71. The van der Waals surface area contributed by atoms with Gasteiger partial charge in [-0.25, -0.2) is 0 Å². The van der Waals surface area contributed by atoms with Crippen molar-refractivity contribution in [3.63, 3.8) is 0 Å². The molecule has 1 aliphatic heterocycles. The summed E-state index contributed by atoms with van der Waals surface area (Å²) >= 11 is 0. The minimum Gasteiger partial charge on any atom is -0.399 e. The number of dihydropyridines is 1. The fourth-order valence-corrected chi connectivity index (χ4v) is 1.79. The van der Waals surface area contributed by atoms with Crippen LogP contribution in [0.1, 0.15) is 11.1 Å². The Labute approximate surface area is 89.5 Å². The summed E-state index contributed by atoms with van der Waals surface area (Å²) in [5, 5.41) is 3.11. The number of aryl methyl sites for hydroxylation is 1. The Kier molecular flexibility index (Phi) is 2.25. The first kappa shape index (κ1) is 9.80. The van der Waals surface area contributed by atoms with E-state index < -0.39 is 5.66 Å². The van der Waals surface area contributed by atoms with Crippen LogP contribution in [0, 0.1) is 6.92 Å². The van der Waals surface area contributed by atoms with Crippen molar-refractivity contribution in [1.29, 1.82) is 0 Å². The highest BCUT2D eigenvalue weighted by Crippen LogP contribution is 2.25. The van der Waals surface area contributed by atoms with Gasteiger partial charge in [-0.15, -0.1) is 0 Å². The molecule has 0 saturated carbocycles. The topological polar surface area (TPSA) is 64.1 Å². The van der Waals surface area contributed by atoms with Crippen LogP contribution in [0.3, 0.4) is 0 Å². The molecule has 5 N–H and O–H groups in total. The van der Waals surface area contributed by atoms with Crippen molar-refractivity contribution in [1.82, 2.24) is 5.32 Å². The number of allylic oxidation sites excluding steroid dienone is 2. The maximum Gasteiger partial charge on any atom is 0.153 e. The summed E-state index contributed by atoms with van der Waals surface area (Å²) < 4.78 is 0. The van der Waals surface area contributed by atoms with Crippen LogP contribution in [0.25, 0.3) is 0 Å². The first-order chi connectivity index (χ1) is 7.14. The Bertz CT molecular complexity index is 434. The lowest BCUT2D eigenvalue weighted by atomic mass is 9.91. The molecule has 0 aromatic heterocycles. The van der Waals surface area contributed by atoms with Crippen LogP contribution in [0.2, 0.25) is 0 Å². The van der Waals surface area contributed by atoms with Gasteiger partial charge in [0.05, 0.1) is 5.70 Å². The van der Waals surface area contributed by atoms with E-state index in [2.05, 4.69) is 5.32 Å². The maximum absolute atomic E-state index is 6.27. The van der Waals surface area contributed by atoms with Crippen LogP contribution in [0.15, 0.2) is 48.3 Å². The highest BCUT2D eigenvalue weighted by molar-refractivity contribution is 5.41. The van der Waals surface area contributed by atoms with Gasteiger partial charge in [0.2, 0.25) is 0 Å². The Morgan fingerprint density at radius 1 is 1.27 bits per heavy atom. The van der Waals surface area contributed by atoms with E-state index in [0.717, 1.165) is 11.1 Å². The van der Waals surface area contributed by atoms with E-state index in [-0.39, 0.29) is 0 Å². The molecule has 1 aromatic carbocycles. The van der Waals surface area contributed by atoms with Gasteiger partial charge in [0, 0.05) is 5.56 Å². The minimum atomic E-state index is -0.778. The van der Waals surface area contributed by atoms with Gasteiger partial charge >= 0.3 is 0 Å². The molecule has 0 radical (unpaired) electrons. The van der Waals surface area contributed by atoms with Gasteiger partial charge in [-0.1, -0.05) is 24.3 Å². The third-order valence-corrected chi connectivity index (χ3v) is 2.71. The van der Waals surface area contributed by atoms with Crippen LogP contribution >= 0.6 is 0 Å². The van der Waals surface area contributed by atoms with E-state index in [9.17, 15) is 0 Å². The SMILES string of the molecule is Cc1ccccc1C1(N)NC=CC=C1N. The standard InChI is InChI=1S/C12H15N3/c1-9-5-2-3-6-10(9)12(14)11(13)7-4-8-15-12/h2-8,15H,13-14H2,1H3. The minimum absolute atomic E-state index is 0.624. The average molecular weight is 201 g/mol. The summed E-state index contributed by atoms with van der Waals surface area (Å²) in [5.74, 6) is 0. The predicted molar refractivity (Wildman–Crippen MR) is 61.6 cm³/mol. The smallest absolute Gasteiger partial charge is 0.153 e. The van der Waals surface area contributed by atoms with Crippen molar-refractivity contribution >= 4 is 0 Å². The quantitative estimate of drug-likeness (QED) is 0.636. The Hall–Kier alpha value is -1.74. The zero-order chi connectivity index (χ0) is 10.9. The van der Waals surface area contributed by atoms with Crippen LogP contribution in [0.4, 0.5) is 0 Å². The molecular formula is C12H15N3. The molecule has 3 nitrogen and oxygen atoms in total. The molecule has 0 aliphatic carbocycles. The van der Waals surface area contributed by atoms with Gasteiger partial charge in [0.25, 0.3) is 0 Å². The lowest BCUT2D eigenvalue weighted by molar-refractivity contribution is 0.454. The van der Waals surface area contributed by atoms with Crippen LogP contribution < -0.4 is 16.8 Å². The fraction of sp³-hybridized carbons (Fsp3) is 0.167. The Balaban J connectivity index is 2.51. The van der Waals surface area contributed by atoms with Crippen molar-refractivity contribution in [3.8, 4) is 0 Å². The van der Waals surface area contributed by atoms with E-state index in [4.69, 9.17) is 11.5 Å². The van der Waals surface area contributed by atoms with E-state index in [1.807, 2.05) is 49.5 Å². The van der Waals surface area contributed by atoms with Crippen molar-refractivity contribution in [2.24, 2.45) is 11.5 Å². The van der Waals surface area contributed by atoms with Gasteiger partial charge < -0.3 is 11.1 Å². The molecule has 0 amide bonds. The zero-order valence-corrected chi connectivity index (χ0v) is 8.70. The molecule has 0 bridgehead atoms. The second kappa shape index (κ2) is 3.44. The van der Waals surface area contributed by atoms with Crippen LogP contribution in [-0.4, -0.2) is 0 Å². The number of nitrogens with two attached hydrogens (primary N) is 2. The maximum atomic E-state index is 6.27. The van der Waals surface area contributed by atoms with Crippen LogP contribution in [-0.2, 0) is 5.66 Å². The van der Waals surface area contributed by atoms with Gasteiger partial charge in [-0.2, -0.15) is 0 Å². The molecular weight excluding hydrogens is 186 g/mol. The van der Waals surface area contributed by atoms with E-state index >= 15 is 0 Å². The number of benzene rings is 1. The number of rotatable bonds is 1. The van der Waals surface area contributed by atoms with Crippen molar-refractivity contribution in [2.45, 2.75) is 12.6 Å². The molecule has 0 spiro atoms. The van der Waals surface area contributed by atoms with Crippen molar-refractivity contribution in [3.05, 3.63) is 59.4 Å². The summed E-state index contributed by atoms with van der Waals surface area (Å²) in [6.45, 7) is 2.03. The molecule has 2 rings (SSSR count). The zero-order valence-electron chi connectivity index (χ0n) is 8.70. The monoisotopic (exact) mass is 201 g/mol. The molecule has 0 saturated heterocycles. The Morgan fingerprint density at radius 2 is 2.00 bits per heavy atom. The highest BCUT2D eigenvalue weighted by atomic mass is 15.1. The highest BCUT2D eigenvalue weighted by Gasteiger charge is 2.31.